The predicted octanol–water partition coefficient (Wildman–Crippen LogP) is 4.29. The first-order chi connectivity index (χ1) is 13.2. The number of carbonyl (C=O) groups is 1. The van der Waals surface area contributed by atoms with E-state index in [0.29, 0.717) is 6.54 Å². The topological polar surface area (TPSA) is 54.5 Å². The van der Waals surface area contributed by atoms with E-state index in [1.54, 1.807) is 0 Å². The highest BCUT2D eigenvalue weighted by atomic mass is 16.5. The Bertz CT molecular complexity index is 703. The Balaban J connectivity index is 1.48. The first-order valence-electron chi connectivity index (χ1n) is 9.91. The van der Waals surface area contributed by atoms with Crippen molar-refractivity contribution < 1.29 is 9.53 Å². The second-order valence-corrected chi connectivity index (χ2v) is 7.03. The fraction of sp³-hybridized carbons (Fsp3) is 0.455. The van der Waals surface area contributed by atoms with Gasteiger partial charge in [0.1, 0.15) is 0 Å². The molecule has 1 aromatic heterocycles. The number of hydrogen-bond donors (Lipinski definition) is 1. The summed E-state index contributed by atoms with van der Waals surface area (Å²) in [6.45, 7) is 4.33. The van der Waals surface area contributed by atoms with E-state index in [2.05, 4.69) is 29.4 Å². The number of aryl methyl sites for hydroxylation is 2. The van der Waals surface area contributed by atoms with Gasteiger partial charge in [0.25, 0.3) is 0 Å². The van der Waals surface area contributed by atoms with Gasteiger partial charge in [0, 0.05) is 37.3 Å². The summed E-state index contributed by atoms with van der Waals surface area (Å²) in [6, 6.07) is 14.0. The Labute approximate surface area is 161 Å². The van der Waals surface area contributed by atoms with E-state index in [-0.39, 0.29) is 12.1 Å². The molecule has 0 radical (unpaired) electrons. The van der Waals surface area contributed by atoms with Crippen LogP contribution in [0.2, 0.25) is 0 Å². The molecule has 0 saturated carbocycles. The summed E-state index contributed by atoms with van der Waals surface area (Å²) in [5.41, 5.74) is 3.17. The van der Waals surface area contributed by atoms with Gasteiger partial charge in [-0.2, -0.15) is 0 Å². The van der Waals surface area contributed by atoms with Crippen LogP contribution in [0.15, 0.2) is 48.7 Å². The maximum atomic E-state index is 12.5. The quantitative estimate of drug-likeness (QED) is 0.794. The lowest BCUT2D eigenvalue weighted by atomic mass is 10.1. The van der Waals surface area contributed by atoms with Gasteiger partial charge in [-0.25, -0.2) is 4.79 Å². The number of anilines is 1. The van der Waals surface area contributed by atoms with Crippen LogP contribution in [0.5, 0.6) is 0 Å². The molecule has 1 aliphatic heterocycles. The van der Waals surface area contributed by atoms with Crippen molar-refractivity contribution in [2.75, 3.05) is 25.0 Å². The lowest BCUT2D eigenvalue weighted by Crippen LogP contribution is -2.45. The van der Waals surface area contributed by atoms with Crippen LogP contribution in [-0.4, -0.2) is 41.7 Å². The minimum Gasteiger partial charge on any atom is -0.376 e. The number of rotatable bonds is 7. The number of pyridine rings is 1. The van der Waals surface area contributed by atoms with E-state index in [4.69, 9.17) is 4.74 Å². The van der Waals surface area contributed by atoms with Crippen LogP contribution in [0.25, 0.3) is 0 Å². The standard InChI is InChI=1S/C22H29N3O2/c1-2-16-27-21-7-5-15-25(17-21)22(26)24-20-12-9-18(10-13-20)8-11-19-6-3-4-14-23-19/h3-4,6,9-10,12-14,21H,2,5,7-8,11,15-17H2,1H3,(H,24,26)/t21-/m0/s1. The Morgan fingerprint density at radius 1 is 1.22 bits per heavy atom. The van der Waals surface area contributed by atoms with E-state index in [9.17, 15) is 4.79 Å². The summed E-state index contributed by atoms with van der Waals surface area (Å²) in [6.07, 6.45) is 6.89. The van der Waals surface area contributed by atoms with Crippen LogP contribution in [0.3, 0.4) is 0 Å². The molecule has 2 heterocycles. The Morgan fingerprint density at radius 2 is 2.07 bits per heavy atom. The number of nitrogens with zero attached hydrogens (tertiary/aromatic N) is 2. The monoisotopic (exact) mass is 367 g/mol. The number of urea groups is 1. The van der Waals surface area contributed by atoms with Crippen molar-refractivity contribution in [1.29, 1.82) is 0 Å². The van der Waals surface area contributed by atoms with Gasteiger partial charge < -0.3 is 15.0 Å². The molecule has 2 aromatic rings. The molecule has 1 aliphatic rings. The predicted molar refractivity (Wildman–Crippen MR) is 108 cm³/mol. The van der Waals surface area contributed by atoms with Gasteiger partial charge in [-0.15, -0.1) is 0 Å². The van der Waals surface area contributed by atoms with Crippen LogP contribution in [0.1, 0.15) is 37.4 Å². The fourth-order valence-electron chi connectivity index (χ4n) is 3.32. The number of nitrogens with one attached hydrogen (secondary N) is 1. The van der Waals surface area contributed by atoms with Crippen LogP contribution < -0.4 is 5.32 Å². The molecule has 0 unspecified atom stereocenters. The van der Waals surface area contributed by atoms with E-state index in [0.717, 1.165) is 56.6 Å². The second-order valence-electron chi connectivity index (χ2n) is 7.03. The number of likely N-dealkylation sites (tertiary alicyclic amines) is 1. The highest BCUT2D eigenvalue weighted by Gasteiger charge is 2.24. The first-order valence-corrected chi connectivity index (χ1v) is 9.91. The Kier molecular flexibility index (Phi) is 7.22. The van der Waals surface area contributed by atoms with E-state index in [1.165, 1.54) is 5.56 Å². The molecule has 1 atom stereocenters. The number of aromatic nitrogens is 1. The Morgan fingerprint density at radius 3 is 2.81 bits per heavy atom. The Hall–Kier alpha value is -2.40. The molecule has 5 heteroatoms. The summed E-state index contributed by atoms with van der Waals surface area (Å²) in [5, 5.41) is 3.01. The SMILES string of the molecule is CCCO[C@H]1CCCN(C(=O)Nc2ccc(CCc3ccccn3)cc2)C1. The molecular weight excluding hydrogens is 338 g/mol. The van der Waals surface area contributed by atoms with Crippen molar-refractivity contribution >= 4 is 11.7 Å². The third-order valence-corrected chi connectivity index (χ3v) is 4.82. The lowest BCUT2D eigenvalue weighted by Gasteiger charge is -2.32. The normalized spacial score (nSPS) is 16.9. The van der Waals surface area contributed by atoms with E-state index < -0.39 is 0 Å². The van der Waals surface area contributed by atoms with E-state index in [1.807, 2.05) is 41.4 Å². The fourth-order valence-corrected chi connectivity index (χ4v) is 3.32. The molecule has 3 rings (SSSR count). The van der Waals surface area contributed by atoms with Crippen molar-refractivity contribution in [2.24, 2.45) is 0 Å². The molecule has 1 fully saturated rings. The van der Waals surface area contributed by atoms with Crippen LogP contribution >= 0.6 is 0 Å². The number of amides is 2. The minimum atomic E-state index is -0.0407. The zero-order valence-electron chi connectivity index (χ0n) is 16.1. The van der Waals surface area contributed by atoms with Gasteiger partial charge in [-0.05, 0) is 61.9 Å². The average molecular weight is 367 g/mol. The van der Waals surface area contributed by atoms with Gasteiger partial charge in [0.2, 0.25) is 0 Å². The molecule has 0 bridgehead atoms. The van der Waals surface area contributed by atoms with Crippen LogP contribution in [-0.2, 0) is 17.6 Å². The molecule has 1 aromatic carbocycles. The average Bonchev–Trinajstić information content (AvgIpc) is 2.72. The highest BCUT2D eigenvalue weighted by molar-refractivity contribution is 5.89. The maximum absolute atomic E-state index is 12.5. The van der Waals surface area contributed by atoms with Crippen molar-refractivity contribution in [1.82, 2.24) is 9.88 Å². The smallest absolute Gasteiger partial charge is 0.321 e. The molecule has 2 amide bonds. The van der Waals surface area contributed by atoms with Gasteiger partial charge >= 0.3 is 6.03 Å². The number of ether oxygens (including phenoxy) is 1. The molecule has 0 spiro atoms. The number of carbonyl (C=O) groups excluding carboxylic acids is 1. The maximum Gasteiger partial charge on any atom is 0.321 e. The zero-order chi connectivity index (χ0) is 18.9. The number of piperidine rings is 1. The summed E-state index contributed by atoms with van der Waals surface area (Å²) in [4.78, 5) is 18.7. The molecule has 1 N–H and O–H groups in total. The molecular formula is C22H29N3O2. The van der Waals surface area contributed by atoms with Gasteiger partial charge in [-0.3, -0.25) is 4.98 Å². The molecule has 5 nitrogen and oxygen atoms in total. The lowest BCUT2D eigenvalue weighted by molar-refractivity contribution is 0.0115. The largest absolute Gasteiger partial charge is 0.376 e. The summed E-state index contributed by atoms with van der Waals surface area (Å²) in [5.74, 6) is 0. The van der Waals surface area contributed by atoms with Crippen molar-refractivity contribution in [3.63, 3.8) is 0 Å². The summed E-state index contributed by atoms with van der Waals surface area (Å²) >= 11 is 0. The van der Waals surface area contributed by atoms with Crippen molar-refractivity contribution in [3.05, 3.63) is 59.9 Å². The van der Waals surface area contributed by atoms with E-state index >= 15 is 0 Å². The highest BCUT2D eigenvalue weighted by Crippen LogP contribution is 2.16. The second kappa shape index (κ2) is 10.1. The zero-order valence-corrected chi connectivity index (χ0v) is 16.1. The van der Waals surface area contributed by atoms with Crippen molar-refractivity contribution in [2.45, 2.75) is 45.1 Å². The molecule has 27 heavy (non-hydrogen) atoms. The van der Waals surface area contributed by atoms with Gasteiger partial charge in [0.05, 0.1) is 6.10 Å². The van der Waals surface area contributed by atoms with Gasteiger partial charge in [-0.1, -0.05) is 25.1 Å². The molecule has 144 valence electrons. The third-order valence-electron chi connectivity index (χ3n) is 4.82. The summed E-state index contributed by atoms with van der Waals surface area (Å²) in [7, 11) is 0. The summed E-state index contributed by atoms with van der Waals surface area (Å²) < 4.78 is 5.82. The van der Waals surface area contributed by atoms with Crippen LogP contribution in [0, 0.1) is 0 Å². The van der Waals surface area contributed by atoms with Crippen molar-refractivity contribution in [3.8, 4) is 0 Å². The minimum absolute atomic E-state index is 0.0407. The molecule has 1 saturated heterocycles. The van der Waals surface area contributed by atoms with Crippen LogP contribution in [0.4, 0.5) is 10.5 Å². The third kappa shape index (κ3) is 6.07. The molecule has 0 aliphatic carbocycles. The number of benzene rings is 1. The number of hydrogen-bond acceptors (Lipinski definition) is 3. The van der Waals surface area contributed by atoms with Gasteiger partial charge in [0.15, 0.2) is 0 Å². The first kappa shape index (κ1) is 19.4.